The molecule has 3 atom stereocenters. The topological polar surface area (TPSA) is 12.5 Å². The Labute approximate surface area is 137 Å². The van der Waals surface area contributed by atoms with Crippen LogP contribution in [0.25, 0.3) is 0 Å². The van der Waals surface area contributed by atoms with E-state index in [1.54, 1.807) is 0 Å². The lowest BCUT2D eigenvalue weighted by Gasteiger charge is -2.48. The summed E-state index contributed by atoms with van der Waals surface area (Å²) in [5.41, 5.74) is 0.155. The lowest BCUT2D eigenvalue weighted by atomic mass is 9.70. The number of hydrogen-bond acceptors (Lipinski definition) is 3. The molecule has 0 amide bonds. The zero-order valence-electron chi connectivity index (χ0n) is 14.3. The summed E-state index contributed by atoms with van der Waals surface area (Å²) in [5.74, 6) is 1.95. The number of nitrogens with zero attached hydrogens (tertiary/aromatic N) is 1. The second-order valence-electron chi connectivity index (χ2n) is 6.61. The molecule has 0 saturated heterocycles. The van der Waals surface area contributed by atoms with Gasteiger partial charge in [0.2, 0.25) is 4.38 Å². The van der Waals surface area contributed by atoms with Crippen molar-refractivity contribution in [3.05, 3.63) is 0 Å². The fraction of sp³-hybridized carbons (Fsp3) is 0.938. The van der Waals surface area contributed by atoms with Crippen molar-refractivity contribution in [1.29, 1.82) is 0 Å². The van der Waals surface area contributed by atoms with Crippen molar-refractivity contribution >= 4 is 29.2 Å². The van der Waals surface area contributed by atoms with Gasteiger partial charge >= 0.3 is 0 Å². The highest BCUT2D eigenvalue weighted by Crippen LogP contribution is 2.38. The van der Waals surface area contributed by atoms with Crippen molar-refractivity contribution in [2.45, 2.75) is 59.4 Å². The summed E-state index contributed by atoms with van der Waals surface area (Å²) in [6.07, 6.45) is 3.40. The summed E-state index contributed by atoms with van der Waals surface area (Å²) in [5, 5.41) is 0. The maximum atomic E-state index is 5.46. The Bertz CT molecular complexity index is 294. The molecule has 120 valence electrons. The second-order valence-corrected chi connectivity index (χ2v) is 7.69. The van der Waals surface area contributed by atoms with Crippen LogP contribution in [-0.2, 0) is 4.74 Å². The summed E-state index contributed by atoms with van der Waals surface area (Å²) in [6.45, 7) is 12.2. The van der Waals surface area contributed by atoms with Crippen LogP contribution in [0.4, 0.5) is 0 Å². The number of ether oxygens (including phenoxy) is 1. The van der Waals surface area contributed by atoms with Gasteiger partial charge in [0.25, 0.3) is 0 Å². The minimum Gasteiger partial charge on any atom is -0.479 e. The lowest BCUT2D eigenvalue weighted by molar-refractivity contribution is 0.0169. The number of thiol groups is 1. The molecule has 0 fully saturated rings. The van der Waals surface area contributed by atoms with E-state index < -0.39 is 0 Å². The Morgan fingerprint density at radius 1 is 1.25 bits per heavy atom. The number of rotatable bonds is 9. The van der Waals surface area contributed by atoms with Crippen LogP contribution in [0.3, 0.4) is 0 Å². The molecule has 0 saturated carbocycles. The Kier molecular flexibility index (Phi) is 9.36. The fourth-order valence-corrected chi connectivity index (χ4v) is 3.19. The average molecular weight is 320 g/mol. The SMILES string of the molecule is CCC(C)CC(CCOC(=S)S)(C(C)C(C)C)N(C)C. The zero-order chi connectivity index (χ0) is 15.9. The molecule has 0 aromatic carbocycles. The summed E-state index contributed by atoms with van der Waals surface area (Å²) in [6, 6.07) is 0. The van der Waals surface area contributed by atoms with Crippen LogP contribution in [0.5, 0.6) is 0 Å². The van der Waals surface area contributed by atoms with Crippen molar-refractivity contribution in [1.82, 2.24) is 4.90 Å². The molecule has 0 spiro atoms. The van der Waals surface area contributed by atoms with Crippen LogP contribution in [0.1, 0.15) is 53.9 Å². The highest BCUT2D eigenvalue weighted by molar-refractivity contribution is 8.10. The van der Waals surface area contributed by atoms with Crippen molar-refractivity contribution in [2.75, 3.05) is 20.7 Å². The monoisotopic (exact) mass is 319 g/mol. The molecule has 0 radical (unpaired) electrons. The average Bonchev–Trinajstić information content (AvgIpc) is 2.35. The van der Waals surface area contributed by atoms with E-state index >= 15 is 0 Å². The molecule has 0 aliphatic heterocycles. The molecule has 2 nitrogen and oxygen atoms in total. The molecule has 0 N–H and O–H groups in total. The molecule has 0 aliphatic rings. The maximum absolute atomic E-state index is 5.46. The van der Waals surface area contributed by atoms with E-state index in [9.17, 15) is 0 Å². The molecular weight excluding hydrogens is 286 g/mol. The van der Waals surface area contributed by atoms with Crippen LogP contribution in [0.2, 0.25) is 0 Å². The molecule has 0 rings (SSSR count). The molecule has 3 unspecified atom stereocenters. The van der Waals surface area contributed by atoms with Gasteiger partial charge in [-0.15, -0.1) is 0 Å². The van der Waals surface area contributed by atoms with Gasteiger partial charge in [-0.2, -0.15) is 0 Å². The molecule has 0 aromatic heterocycles. The zero-order valence-corrected chi connectivity index (χ0v) is 16.0. The van der Waals surface area contributed by atoms with E-state index in [4.69, 9.17) is 17.0 Å². The highest BCUT2D eigenvalue weighted by atomic mass is 32.1. The third-order valence-corrected chi connectivity index (χ3v) is 5.14. The van der Waals surface area contributed by atoms with Gasteiger partial charge in [-0.1, -0.05) is 53.7 Å². The predicted molar refractivity (Wildman–Crippen MR) is 96.6 cm³/mol. The van der Waals surface area contributed by atoms with Crippen molar-refractivity contribution in [3.63, 3.8) is 0 Å². The van der Waals surface area contributed by atoms with Gasteiger partial charge in [0.05, 0.1) is 6.61 Å². The van der Waals surface area contributed by atoms with E-state index in [1.807, 2.05) is 0 Å². The van der Waals surface area contributed by atoms with E-state index in [0.717, 1.165) is 6.42 Å². The minimum absolute atomic E-state index is 0.155. The molecule has 0 aromatic rings. The third kappa shape index (κ3) is 5.90. The highest BCUT2D eigenvalue weighted by Gasteiger charge is 2.40. The van der Waals surface area contributed by atoms with Gasteiger partial charge in [-0.3, -0.25) is 0 Å². The Hall–Kier alpha value is 0.200. The maximum Gasteiger partial charge on any atom is 0.216 e. The Morgan fingerprint density at radius 2 is 1.80 bits per heavy atom. The number of thiocarbonyl (C=S) groups is 1. The number of hydrogen-bond donors (Lipinski definition) is 1. The van der Waals surface area contributed by atoms with Gasteiger partial charge in [0, 0.05) is 12.0 Å². The van der Waals surface area contributed by atoms with Crippen LogP contribution in [0, 0.1) is 17.8 Å². The predicted octanol–water partition coefficient (Wildman–Crippen LogP) is 4.64. The van der Waals surface area contributed by atoms with Gasteiger partial charge in [0.1, 0.15) is 0 Å². The standard InChI is InChI=1S/C16H33NOS2/c1-8-13(4)11-16(17(6)7,14(5)12(2)3)9-10-18-15(19)20/h12-14H,8-11H2,1-7H3,(H,19,20). The summed E-state index contributed by atoms with van der Waals surface area (Å²) < 4.78 is 5.81. The van der Waals surface area contributed by atoms with Gasteiger partial charge in [-0.05, 0) is 50.5 Å². The van der Waals surface area contributed by atoms with Crippen molar-refractivity contribution in [3.8, 4) is 0 Å². The Morgan fingerprint density at radius 3 is 2.15 bits per heavy atom. The van der Waals surface area contributed by atoms with Crippen LogP contribution in [0.15, 0.2) is 0 Å². The van der Waals surface area contributed by atoms with E-state index in [-0.39, 0.29) is 5.54 Å². The van der Waals surface area contributed by atoms with E-state index in [0.29, 0.717) is 28.7 Å². The Balaban J connectivity index is 5.16. The first kappa shape index (κ1) is 20.2. The summed E-state index contributed by atoms with van der Waals surface area (Å²) in [7, 11) is 4.39. The van der Waals surface area contributed by atoms with E-state index in [2.05, 4.69) is 66.2 Å². The summed E-state index contributed by atoms with van der Waals surface area (Å²) in [4.78, 5) is 2.40. The first-order chi connectivity index (χ1) is 9.17. The quantitative estimate of drug-likeness (QED) is 0.491. The van der Waals surface area contributed by atoms with E-state index in [1.165, 1.54) is 12.8 Å². The first-order valence-corrected chi connectivity index (χ1v) is 8.56. The molecular formula is C16H33NOS2. The normalized spacial score (nSPS) is 17.9. The fourth-order valence-electron chi connectivity index (χ4n) is 3.01. The second kappa shape index (κ2) is 9.26. The van der Waals surface area contributed by atoms with Crippen molar-refractivity contribution in [2.24, 2.45) is 17.8 Å². The largest absolute Gasteiger partial charge is 0.479 e. The minimum atomic E-state index is 0.155. The molecule has 0 aliphatic carbocycles. The van der Waals surface area contributed by atoms with Gasteiger partial charge in [0.15, 0.2) is 0 Å². The summed E-state index contributed by atoms with van der Waals surface area (Å²) >= 11 is 8.96. The van der Waals surface area contributed by atoms with Crippen LogP contribution >= 0.6 is 24.8 Å². The van der Waals surface area contributed by atoms with Gasteiger partial charge < -0.3 is 9.64 Å². The third-order valence-electron chi connectivity index (χ3n) is 4.90. The van der Waals surface area contributed by atoms with Crippen molar-refractivity contribution < 1.29 is 4.74 Å². The molecule has 0 heterocycles. The molecule has 4 heteroatoms. The molecule has 20 heavy (non-hydrogen) atoms. The lowest BCUT2D eigenvalue weighted by Crippen LogP contribution is -2.53. The smallest absolute Gasteiger partial charge is 0.216 e. The van der Waals surface area contributed by atoms with Crippen LogP contribution < -0.4 is 0 Å². The van der Waals surface area contributed by atoms with Crippen LogP contribution in [-0.4, -0.2) is 35.5 Å². The van der Waals surface area contributed by atoms with Gasteiger partial charge in [-0.25, -0.2) is 0 Å². The first-order valence-electron chi connectivity index (χ1n) is 7.70. The molecule has 0 bridgehead atoms.